The van der Waals surface area contributed by atoms with Crippen molar-refractivity contribution in [3.05, 3.63) is 83.9 Å². The Balaban J connectivity index is 1.46. The van der Waals surface area contributed by atoms with E-state index in [0.29, 0.717) is 0 Å². The first-order chi connectivity index (χ1) is 13.2. The average molecular weight is 361 g/mol. The van der Waals surface area contributed by atoms with Crippen LogP contribution >= 0.6 is 0 Å². The van der Waals surface area contributed by atoms with Gasteiger partial charge in [-0.1, -0.05) is 36.4 Å². The fraction of sp³-hybridized carbons (Fsp3) is 0.391. The molecule has 140 valence electrons. The maximum Gasteiger partial charge on any atom is 0.0534 e. The number of aromatic nitrogens is 3. The number of rotatable bonds is 6. The highest BCUT2D eigenvalue weighted by atomic mass is 15.2. The van der Waals surface area contributed by atoms with Crippen LogP contribution in [0.4, 0.5) is 0 Å². The predicted molar refractivity (Wildman–Crippen MR) is 108 cm³/mol. The monoisotopic (exact) mass is 360 g/mol. The summed E-state index contributed by atoms with van der Waals surface area (Å²) in [7, 11) is 1.98. The van der Waals surface area contributed by atoms with Crippen LogP contribution in [0.3, 0.4) is 0 Å². The summed E-state index contributed by atoms with van der Waals surface area (Å²) in [5, 5.41) is 4.30. The third-order valence-electron chi connectivity index (χ3n) is 5.92. The molecule has 1 aliphatic rings. The second-order valence-electron chi connectivity index (χ2n) is 7.78. The van der Waals surface area contributed by atoms with E-state index >= 15 is 0 Å². The normalized spacial score (nSPS) is 17.1. The van der Waals surface area contributed by atoms with Gasteiger partial charge in [0.1, 0.15) is 0 Å². The van der Waals surface area contributed by atoms with Crippen molar-refractivity contribution in [1.82, 2.24) is 19.7 Å². The Morgan fingerprint density at radius 2 is 1.74 bits per heavy atom. The molecule has 0 aliphatic carbocycles. The van der Waals surface area contributed by atoms with E-state index in [1.807, 2.05) is 30.2 Å². The van der Waals surface area contributed by atoms with Crippen molar-refractivity contribution < 1.29 is 0 Å². The third-order valence-corrected chi connectivity index (χ3v) is 5.92. The highest BCUT2D eigenvalue weighted by Crippen LogP contribution is 2.39. The summed E-state index contributed by atoms with van der Waals surface area (Å²) in [6.45, 7) is 3.21. The van der Waals surface area contributed by atoms with E-state index in [1.54, 1.807) is 0 Å². The van der Waals surface area contributed by atoms with E-state index in [0.717, 1.165) is 45.3 Å². The predicted octanol–water partition coefficient (Wildman–Crippen LogP) is 3.98. The zero-order valence-electron chi connectivity index (χ0n) is 16.1. The number of hydrogen-bond acceptors (Lipinski definition) is 3. The van der Waals surface area contributed by atoms with Crippen molar-refractivity contribution in [2.75, 3.05) is 13.1 Å². The number of aryl methyl sites for hydroxylation is 2. The molecule has 4 nitrogen and oxygen atoms in total. The molecule has 0 amide bonds. The van der Waals surface area contributed by atoms with Gasteiger partial charge in [-0.3, -0.25) is 14.6 Å². The molecule has 1 fully saturated rings. The lowest BCUT2D eigenvalue weighted by Crippen LogP contribution is -2.43. The minimum Gasteiger partial charge on any atom is -0.299 e. The van der Waals surface area contributed by atoms with Crippen molar-refractivity contribution >= 4 is 0 Å². The molecule has 0 radical (unpaired) electrons. The fourth-order valence-corrected chi connectivity index (χ4v) is 4.29. The standard InChI is InChI=1S/C23H28N4/c1-26-18-21(17-25-26)19-27-15-12-23(13-16-27,22-9-5-6-14-24-22)11-10-20-7-3-2-4-8-20/h2-9,14,17-18H,10-13,15-16,19H2,1H3. The summed E-state index contributed by atoms with van der Waals surface area (Å²) >= 11 is 0. The molecule has 3 heterocycles. The lowest BCUT2D eigenvalue weighted by atomic mass is 9.71. The molecule has 3 aromatic rings. The van der Waals surface area contributed by atoms with Gasteiger partial charge in [0.15, 0.2) is 0 Å². The van der Waals surface area contributed by atoms with Crippen LogP contribution in [0.1, 0.15) is 36.1 Å². The smallest absolute Gasteiger partial charge is 0.0534 e. The molecule has 0 saturated carbocycles. The van der Waals surface area contributed by atoms with E-state index in [9.17, 15) is 0 Å². The van der Waals surface area contributed by atoms with Gasteiger partial charge in [-0.05, 0) is 56.5 Å². The first-order valence-electron chi connectivity index (χ1n) is 9.89. The Morgan fingerprint density at radius 3 is 2.41 bits per heavy atom. The fourth-order valence-electron chi connectivity index (χ4n) is 4.29. The highest BCUT2D eigenvalue weighted by Gasteiger charge is 2.36. The molecule has 0 N–H and O–H groups in total. The topological polar surface area (TPSA) is 34.0 Å². The number of pyridine rings is 1. The zero-order valence-corrected chi connectivity index (χ0v) is 16.1. The van der Waals surface area contributed by atoms with Gasteiger partial charge in [-0.15, -0.1) is 0 Å². The van der Waals surface area contributed by atoms with Crippen LogP contribution in [0.2, 0.25) is 0 Å². The van der Waals surface area contributed by atoms with Crippen LogP contribution in [-0.2, 0) is 25.4 Å². The molecule has 0 unspecified atom stereocenters. The Labute approximate surface area is 161 Å². The van der Waals surface area contributed by atoms with Crippen LogP contribution in [0, 0.1) is 0 Å². The van der Waals surface area contributed by atoms with Gasteiger partial charge in [-0.25, -0.2) is 0 Å². The molecule has 2 aromatic heterocycles. The van der Waals surface area contributed by atoms with Gasteiger partial charge in [0.05, 0.1) is 6.20 Å². The van der Waals surface area contributed by atoms with Crippen LogP contribution in [0.5, 0.6) is 0 Å². The number of likely N-dealkylation sites (tertiary alicyclic amines) is 1. The lowest BCUT2D eigenvalue weighted by Gasteiger charge is -2.41. The van der Waals surface area contributed by atoms with E-state index in [4.69, 9.17) is 4.98 Å². The van der Waals surface area contributed by atoms with E-state index in [2.05, 4.69) is 58.7 Å². The van der Waals surface area contributed by atoms with E-state index in [-0.39, 0.29) is 5.41 Å². The third kappa shape index (κ3) is 4.28. The van der Waals surface area contributed by atoms with E-state index in [1.165, 1.54) is 16.8 Å². The van der Waals surface area contributed by atoms with Gasteiger partial charge in [0.2, 0.25) is 0 Å². The van der Waals surface area contributed by atoms with Gasteiger partial charge in [0, 0.05) is 42.7 Å². The second-order valence-corrected chi connectivity index (χ2v) is 7.78. The Morgan fingerprint density at radius 1 is 0.963 bits per heavy atom. The van der Waals surface area contributed by atoms with Gasteiger partial charge >= 0.3 is 0 Å². The minimum absolute atomic E-state index is 0.183. The Kier molecular flexibility index (Phi) is 5.35. The molecule has 1 saturated heterocycles. The SMILES string of the molecule is Cn1cc(CN2CCC(CCc3ccccc3)(c3ccccn3)CC2)cn1. The van der Waals surface area contributed by atoms with Crippen LogP contribution in [0.25, 0.3) is 0 Å². The molecule has 0 spiro atoms. The summed E-state index contributed by atoms with van der Waals surface area (Å²) in [6, 6.07) is 17.2. The van der Waals surface area contributed by atoms with Gasteiger partial charge in [-0.2, -0.15) is 5.10 Å². The molecular weight excluding hydrogens is 332 g/mol. The van der Waals surface area contributed by atoms with Crippen LogP contribution in [0.15, 0.2) is 67.1 Å². The Bertz CT molecular complexity index is 833. The maximum atomic E-state index is 4.77. The molecule has 4 rings (SSSR count). The molecule has 0 atom stereocenters. The largest absolute Gasteiger partial charge is 0.299 e. The van der Waals surface area contributed by atoms with Crippen LogP contribution < -0.4 is 0 Å². The average Bonchev–Trinajstić information content (AvgIpc) is 3.14. The van der Waals surface area contributed by atoms with Crippen molar-refractivity contribution in [1.29, 1.82) is 0 Å². The number of benzene rings is 1. The number of piperidine rings is 1. The molecular formula is C23H28N4. The zero-order chi connectivity index (χ0) is 18.5. The number of nitrogens with zero attached hydrogens (tertiary/aromatic N) is 4. The molecule has 1 aliphatic heterocycles. The summed E-state index contributed by atoms with van der Waals surface area (Å²) in [5.74, 6) is 0. The molecule has 1 aromatic carbocycles. The summed E-state index contributed by atoms with van der Waals surface area (Å²) in [4.78, 5) is 7.32. The summed E-state index contributed by atoms with van der Waals surface area (Å²) in [5.41, 5.74) is 4.17. The van der Waals surface area contributed by atoms with Gasteiger partial charge < -0.3 is 0 Å². The summed E-state index contributed by atoms with van der Waals surface area (Å²) in [6.07, 6.45) is 10.6. The lowest BCUT2D eigenvalue weighted by molar-refractivity contribution is 0.143. The maximum absolute atomic E-state index is 4.77. The molecule has 0 bridgehead atoms. The molecule has 27 heavy (non-hydrogen) atoms. The molecule has 4 heteroatoms. The quantitative estimate of drug-likeness (QED) is 0.667. The van der Waals surface area contributed by atoms with Crippen molar-refractivity contribution in [3.63, 3.8) is 0 Å². The highest BCUT2D eigenvalue weighted by molar-refractivity contribution is 5.21. The Hall–Kier alpha value is -2.46. The number of hydrogen-bond donors (Lipinski definition) is 0. The van der Waals surface area contributed by atoms with E-state index < -0.39 is 0 Å². The van der Waals surface area contributed by atoms with Crippen molar-refractivity contribution in [2.45, 2.75) is 37.6 Å². The van der Waals surface area contributed by atoms with Crippen LogP contribution in [-0.4, -0.2) is 32.8 Å². The van der Waals surface area contributed by atoms with Crippen molar-refractivity contribution in [2.24, 2.45) is 7.05 Å². The van der Waals surface area contributed by atoms with Gasteiger partial charge in [0.25, 0.3) is 0 Å². The second kappa shape index (κ2) is 8.05. The van der Waals surface area contributed by atoms with Crippen molar-refractivity contribution in [3.8, 4) is 0 Å². The first-order valence-corrected chi connectivity index (χ1v) is 9.89. The first kappa shape index (κ1) is 17.9. The minimum atomic E-state index is 0.183. The summed E-state index contributed by atoms with van der Waals surface area (Å²) < 4.78 is 1.89.